The van der Waals surface area contributed by atoms with Gasteiger partial charge in [0.05, 0.1) is 12.1 Å². The van der Waals surface area contributed by atoms with E-state index >= 15 is 0 Å². The lowest BCUT2D eigenvalue weighted by Gasteiger charge is -2.24. The van der Waals surface area contributed by atoms with Crippen molar-refractivity contribution in [2.45, 2.75) is 44.6 Å². The highest BCUT2D eigenvalue weighted by atomic mass is 16.3. The molecule has 0 aliphatic carbocycles. The molecule has 2 aliphatic rings. The van der Waals surface area contributed by atoms with Gasteiger partial charge >= 0.3 is 0 Å². The van der Waals surface area contributed by atoms with Crippen LogP contribution in [-0.2, 0) is 9.59 Å². The molecule has 2 saturated heterocycles. The van der Waals surface area contributed by atoms with Gasteiger partial charge in [0.1, 0.15) is 5.60 Å². The molecule has 0 spiro atoms. The van der Waals surface area contributed by atoms with E-state index in [1.165, 1.54) is 6.20 Å². The van der Waals surface area contributed by atoms with Crippen molar-refractivity contribution in [1.82, 2.24) is 20.5 Å². The van der Waals surface area contributed by atoms with Gasteiger partial charge in [-0.1, -0.05) is 13.8 Å². The lowest BCUT2D eigenvalue weighted by Crippen LogP contribution is -2.46. The molecule has 8 heteroatoms. The molecule has 1 aromatic rings. The minimum Gasteiger partial charge on any atom is -0.386 e. The van der Waals surface area contributed by atoms with Crippen molar-refractivity contribution in [2.75, 3.05) is 26.2 Å². The summed E-state index contributed by atoms with van der Waals surface area (Å²) in [7, 11) is 0. The van der Waals surface area contributed by atoms with Gasteiger partial charge in [-0.05, 0) is 30.4 Å². The number of carbonyl (C=O) groups excluding carboxylic acids is 3. The molecule has 0 saturated carbocycles. The highest BCUT2D eigenvalue weighted by Gasteiger charge is 2.39. The summed E-state index contributed by atoms with van der Waals surface area (Å²) in [6.07, 6.45) is 4.47. The van der Waals surface area contributed by atoms with E-state index in [1.807, 2.05) is 13.8 Å². The Bertz CT molecular complexity index is 766. The molecule has 8 nitrogen and oxygen atoms in total. The van der Waals surface area contributed by atoms with Crippen LogP contribution in [0.3, 0.4) is 0 Å². The first-order valence-electron chi connectivity index (χ1n) is 9.78. The molecule has 2 fully saturated rings. The van der Waals surface area contributed by atoms with Crippen molar-refractivity contribution >= 4 is 17.7 Å². The van der Waals surface area contributed by atoms with Crippen molar-refractivity contribution in [3.05, 3.63) is 29.6 Å². The van der Waals surface area contributed by atoms with E-state index in [0.717, 1.165) is 5.56 Å². The molecule has 28 heavy (non-hydrogen) atoms. The van der Waals surface area contributed by atoms with Gasteiger partial charge in [-0.3, -0.25) is 19.4 Å². The number of β-amino-alcohol motifs (C(OH)–C–C–N with tert-alkyl or cyclic N) is 1. The molecule has 3 rings (SSSR count). The number of pyridine rings is 1. The fourth-order valence-corrected chi connectivity index (χ4v) is 3.64. The molecule has 1 aromatic heterocycles. The van der Waals surface area contributed by atoms with Crippen LogP contribution in [0, 0.1) is 5.92 Å². The third-order valence-corrected chi connectivity index (χ3v) is 5.54. The Balaban J connectivity index is 1.52. The Morgan fingerprint density at radius 1 is 1.43 bits per heavy atom. The third-order valence-electron chi connectivity index (χ3n) is 5.54. The zero-order chi connectivity index (χ0) is 20.3. The lowest BCUT2D eigenvalue weighted by atomic mass is 10.0. The Morgan fingerprint density at radius 2 is 2.21 bits per heavy atom. The SMILES string of the molecule is CC(C)c1cncc(C(=O)NCC2(O)CCN(C(=O)C[C@@H]3CCNC3=O)C2)c1. The van der Waals surface area contributed by atoms with Gasteiger partial charge in [0, 0.05) is 44.4 Å². The predicted molar refractivity (Wildman–Crippen MR) is 103 cm³/mol. The van der Waals surface area contributed by atoms with E-state index in [2.05, 4.69) is 15.6 Å². The summed E-state index contributed by atoms with van der Waals surface area (Å²) in [6, 6.07) is 1.80. The van der Waals surface area contributed by atoms with Crippen molar-refractivity contribution in [3.8, 4) is 0 Å². The number of rotatable bonds is 6. The Hall–Kier alpha value is -2.48. The second-order valence-corrected chi connectivity index (χ2v) is 8.11. The first-order valence-corrected chi connectivity index (χ1v) is 9.78. The van der Waals surface area contributed by atoms with E-state index in [-0.39, 0.29) is 49.1 Å². The zero-order valence-corrected chi connectivity index (χ0v) is 16.4. The number of likely N-dealkylation sites (tertiary alicyclic amines) is 1. The van der Waals surface area contributed by atoms with Gasteiger partial charge in [-0.15, -0.1) is 0 Å². The Morgan fingerprint density at radius 3 is 2.89 bits per heavy atom. The van der Waals surface area contributed by atoms with Crippen LogP contribution in [0.2, 0.25) is 0 Å². The number of nitrogens with one attached hydrogen (secondary N) is 2. The molecule has 1 unspecified atom stereocenters. The maximum Gasteiger partial charge on any atom is 0.252 e. The van der Waals surface area contributed by atoms with E-state index in [4.69, 9.17) is 0 Å². The van der Waals surface area contributed by atoms with Gasteiger partial charge in [-0.2, -0.15) is 0 Å². The van der Waals surface area contributed by atoms with Crippen molar-refractivity contribution in [2.24, 2.45) is 5.92 Å². The van der Waals surface area contributed by atoms with Crippen LogP contribution in [0.1, 0.15) is 54.9 Å². The summed E-state index contributed by atoms with van der Waals surface area (Å²) in [6.45, 7) is 5.31. The highest BCUT2D eigenvalue weighted by molar-refractivity contribution is 5.94. The topological polar surface area (TPSA) is 112 Å². The van der Waals surface area contributed by atoms with Crippen LogP contribution in [0.15, 0.2) is 18.5 Å². The van der Waals surface area contributed by atoms with Crippen LogP contribution in [0.4, 0.5) is 0 Å². The summed E-state index contributed by atoms with van der Waals surface area (Å²) >= 11 is 0. The van der Waals surface area contributed by atoms with Crippen LogP contribution in [0.25, 0.3) is 0 Å². The lowest BCUT2D eigenvalue weighted by molar-refractivity contribution is -0.135. The monoisotopic (exact) mass is 388 g/mol. The molecule has 0 aromatic carbocycles. The van der Waals surface area contributed by atoms with Crippen LogP contribution >= 0.6 is 0 Å². The molecule has 0 radical (unpaired) electrons. The van der Waals surface area contributed by atoms with Crippen LogP contribution < -0.4 is 10.6 Å². The number of hydrogen-bond donors (Lipinski definition) is 3. The van der Waals surface area contributed by atoms with Gasteiger partial charge in [-0.25, -0.2) is 0 Å². The molecule has 0 bridgehead atoms. The van der Waals surface area contributed by atoms with Crippen molar-refractivity contribution in [3.63, 3.8) is 0 Å². The number of carbonyl (C=O) groups is 3. The van der Waals surface area contributed by atoms with Gasteiger partial charge in [0.2, 0.25) is 11.8 Å². The Kier molecular flexibility index (Phi) is 5.98. The second-order valence-electron chi connectivity index (χ2n) is 8.11. The maximum atomic E-state index is 12.4. The first-order chi connectivity index (χ1) is 13.3. The fraction of sp³-hybridized carbons (Fsp3) is 0.600. The average molecular weight is 388 g/mol. The number of aromatic nitrogens is 1. The zero-order valence-electron chi connectivity index (χ0n) is 16.4. The normalized spacial score (nSPS) is 24.5. The summed E-state index contributed by atoms with van der Waals surface area (Å²) in [5, 5.41) is 16.2. The molecule has 152 valence electrons. The Labute approximate surface area is 164 Å². The largest absolute Gasteiger partial charge is 0.386 e. The molecular formula is C20H28N4O4. The third kappa shape index (κ3) is 4.67. The second kappa shape index (κ2) is 8.26. The van der Waals surface area contributed by atoms with E-state index < -0.39 is 5.60 Å². The molecule has 3 N–H and O–H groups in total. The number of aliphatic hydroxyl groups is 1. The van der Waals surface area contributed by atoms with Gasteiger partial charge < -0.3 is 20.6 Å². The van der Waals surface area contributed by atoms with E-state index in [1.54, 1.807) is 17.2 Å². The highest BCUT2D eigenvalue weighted by Crippen LogP contribution is 2.24. The average Bonchev–Trinajstić information content (AvgIpc) is 3.26. The van der Waals surface area contributed by atoms with Crippen LogP contribution in [-0.4, -0.2) is 64.5 Å². The number of nitrogens with zero attached hydrogens (tertiary/aromatic N) is 2. The minimum atomic E-state index is -1.16. The van der Waals surface area contributed by atoms with Gasteiger partial charge in [0.15, 0.2) is 0 Å². The van der Waals surface area contributed by atoms with Gasteiger partial charge in [0.25, 0.3) is 5.91 Å². The number of hydrogen-bond acceptors (Lipinski definition) is 5. The summed E-state index contributed by atoms with van der Waals surface area (Å²) in [5.74, 6) is -0.510. The van der Waals surface area contributed by atoms with Crippen molar-refractivity contribution in [1.29, 1.82) is 0 Å². The fourth-order valence-electron chi connectivity index (χ4n) is 3.64. The van der Waals surface area contributed by atoms with E-state index in [0.29, 0.717) is 31.5 Å². The molecule has 3 heterocycles. The summed E-state index contributed by atoms with van der Waals surface area (Å²) in [4.78, 5) is 42.2. The molecule has 2 atom stereocenters. The van der Waals surface area contributed by atoms with Crippen molar-refractivity contribution < 1.29 is 19.5 Å². The standard InChI is InChI=1S/C20H28N4O4/c1-13(2)15-7-16(10-21-9-15)19(27)23-11-20(28)4-6-24(12-20)17(25)8-14-3-5-22-18(14)26/h7,9-10,13-14,28H,3-6,8,11-12H2,1-2H3,(H,22,26)(H,23,27)/t14-,20?/m0/s1. The summed E-state index contributed by atoms with van der Waals surface area (Å²) in [5.41, 5.74) is 0.264. The summed E-state index contributed by atoms with van der Waals surface area (Å²) < 4.78 is 0. The van der Waals surface area contributed by atoms with Crippen LogP contribution in [0.5, 0.6) is 0 Å². The number of amides is 3. The smallest absolute Gasteiger partial charge is 0.252 e. The quantitative estimate of drug-likeness (QED) is 0.654. The molecule has 2 aliphatic heterocycles. The minimum absolute atomic E-state index is 0.0609. The van der Waals surface area contributed by atoms with E-state index in [9.17, 15) is 19.5 Å². The predicted octanol–water partition coefficient (Wildman–Crippen LogP) is 0.424. The maximum absolute atomic E-state index is 12.4. The first kappa shape index (κ1) is 20.3. The molecule has 3 amide bonds. The molecular weight excluding hydrogens is 360 g/mol.